The highest BCUT2D eigenvalue weighted by Crippen LogP contribution is 2.44. The molecule has 100 valence electrons. The number of benzene rings is 1. The highest BCUT2D eigenvalue weighted by atomic mass is 35.5. The van der Waals surface area contributed by atoms with Crippen LogP contribution in [0.1, 0.15) is 12.5 Å². The van der Waals surface area contributed by atoms with Crippen LogP contribution in [0.15, 0.2) is 47.2 Å². The largest absolute Gasteiger partial charge is 0.511 e. The molecule has 2 N–H and O–H groups in total. The molecule has 19 heavy (non-hydrogen) atoms. The Balaban J connectivity index is 2.62. The van der Waals surface area contributed by atoms with E-state index < -0.39 is 23.3 Å². The van der Waals surface area contributed by atoms with Gasteiger partial charge in [0.25, 0.3) is 0 Å². The van der Waals surface area contributed by atoms with Crippen LogP contribution in [0.4, 0.5) is 4.39 Å². The zero-order chi connectivity index (χ0) is 14.2. The molecule has 0 fully saturated rings. The molecule has 1 aromatic carbocycles. The molecule has 0 spiro atoms. The van der Waals surface area contributed by atoms with Gasteiger partial charge in [0.1, 0.15) is 5.76 Å². The summed E-state index contributed by atoms with van der Waals surface area (Å²) in [7, 11) is 0. The molecule has 2 atom stereocenters. The number of hydrogen-bond donors (Lipinski definition) is 2. The quantitative estimate of drug-likeness (QED) is 0.872. The van der Waals surface area contributed by atoms with Gasteiger partial charge < -0.3 is 10.2 Å². The van der Waals surface area contributed by atoms with Gasteiger partial charge in [0.05, 0.1) is 5.03 Å². The molecule has 2 rings (SSSR count). The first kappa shape index (κ1) is 13.6. The molecule has 1 aliphatic rings. The smallest absolute Gasteiger partial charge is 0.317 e. The molecule has 0 amide bonds. The van der Waals surface area contributed by atoms with Gasteiger partial charge >= 0.3 is 5.97 Å². The van der Waals surface area contributed by atoms with Crippen LogP contribution in [-0.2, 0) is 4.79 Å². The fourth-order valence-corrected chi connectivity index (χ4v) is 2.31. The summed E-state index contributed by atoms with van der Waals surface area (Å²) in [4.78, 5) is 11.2. The summed E-state index contributed by atoms with van der Waals surface area (Å²) in [5.74, 6) is -3.68. The lowest BCUT2D eigenvalue weighted by molar-refractivity contribution is -0.145. The lowest BCUT2D eigenvalue weighted by Gasteiger charge is -2.31. The zero-order valence-electron chi connectivity index (χ0n) is 10.1. The molecule has 0 aromatic heterocycles. The minimum atomic E-state index is -2.32. The van der Waals surface area contributed by atoms with Crippen LogP contribution < -0.4 is 0 Å². The highest BCUT2D eigenvalue weighted by Gasteiger charge is 2.48. The van der Waals surface area contributed by atoms with E-state index >= 15 is 0 Å². The van der Waals surface area contributed by atoms with Crippen LogP contribution in [0.2, 0.25) is 0 Å². The molecule has 0 radical (unpaired) electrons. The monoisotopic (exact) mass is 282 g/mol. The molecule has 5 heteroatoms. The third-order valence-corrected chi connectivity index (χ3v) is 3.64. The van der Waals surface area contributed by atoms with E-state index in [4.69, 9.17) is 16.7 Å². The average Bonchev–Trinajstić information content (AvgIpc) is 2.34. The summed E-state index contributed by atoms with van der Waals surface area (Å²) in [6.45, 7) is 1.04. The maximum absolute atomic E-state index is 14.3. The Labute approximate surface area is 114 Å². The van der Waals surface area contributed by atoms with Crippen LogP contribution >= 0.6 is 11.6 Å². The molecular weight excluding hydrogens is 271 g/mol. The Hall–Kier alpha value is -1.81. The van der Waals surface area contributed by atoms with Crippen molar-refractivity contribution >= 4 is 23.1 Å². The predicted molar refractivity (Wildman–Crippen MR) is 70.6 cm³/mol. The second-order valence-corrected chi connectivity index (χ2v) is 4.91. The first-order chi connectivity index (χ1) is 8.85. The maximum atomic E-state index is 14.3. The summed E-state index contributed by atoms with van der Waals surface area (Å²) >= 11 is 5.83. The van der Waals surface area contributed by atoms with Gasteiger partial charge in [-0.15, -0.1) is 0 Å². The van der Waals surface area contributed by atoms with Gasteiger partial charge in [0, 0.05) is 5.57 Å². The van der Waals surface area contributed by atoms with Gasteiger partial charge in [0.2, 0.25) is 0 Å². The van der Waals surface area contributed by atoms with E-state index in [1.165, 1.54) is 6.08 Å². The zero-order valence-corrected chi connectivity index (χ0v) is 10.9. The molecule has 2 unspecified atom stereocenters. The number of rotatable bonds is 2. The van der Waals surface area contributed by atoms with Crippen molar-refractivity contribution in [3.63, 3.8) is 0 Å². The normalized spacial score (nSPS) is 27.1. The number of carbonyl (C=O) groups is 1. The third kappa shape index (κ3) is 2.24. The number of alkyl halides is 1. The summed E-state index contributed by atoms with van der Waals surface area (Å²) in [5.41, 5.74) is -1.51. The van der Waals surface area contributed by atoms with Gasteiger partial charge in [-0.2, -0.15) is 0 Å². The van der Waals surface area contributed by atoms with E-state index in [0.717, 1.165) is 6.92 Å². The van der Waals surface area contributed by atoms with Crippen molar-refractivity contribution in [2.45, 2.75) is 12.6 Å². The van der Waals surface area contributed by atoms with Gasteiger partial charge in [-0.25, -0.2) is 4.39 Å². The number of halogens is 2. The van der Waals surface area contributed by atoms with Crippen molar-refractivity contribution in [2.75, 3.05) is 0 Å². The highest BCUT2D eigenvalue weighted by molar-refractivity contribution is 6.32. The molecule has 0 aliphatic heterocycles. The first-order valence-corrected chi connectivity index (χ1v) is 6.01. The van der Waals surface area contributed by atoms with Crippen LogP contribution in [-0.4, -0.2) is 21.9 Å². The Morgan fingerprint density at radius 3 is 2.47 bits per heavy atom. The number of carboxylic acids is 1. The maximum Gasteiger partial charge on any atom is 0.317 e. The molecule has 1 aliphatic carbocycles. The van der Waals surface area contributed by atoms with E-state index in [1.807, 2.05) is 0 Å². The van der Waals surface area contributed by atoms with Crippen LogP contribution in [0.25, 0.3) is 5.57 Å². The summed E-state index contributed by atoms with van der Waals surface area (Å²) in [5, 5.41) is 18.9. The Bertz CT molecular complexity index is 576. The summed E-state index contributed by atoms with van der Waals surface area (Å²) < 4.78 is 14.3. The van der Waals surface area contributed by atoms with Crippen molar-refractivity contribution in [1.82, 2.24) is 0 Å². The molecule has 0 saturated carbocycles. The van der Waals surface area contributed by atoms with Crippen LogP contribution in [0.5, 0.6) is 0 Å². The number of allylic oxidation sites excluding steroid dienone is 3. The summed E-state index contributed by atoms with van der Waals surface area (Å²) in [6, 6.07) is 8.62. The predicted octanol–water partition coefficient (Wildman–Crippen LogP) is 3.52. The van der Waals surface area contributed by atoms with E-state index in [9.17, 15) is 14.3 Å². The Morgan fingerprint density at radius 2 is 1.95 bits per heavy atom. The number of aliphatic hydroxyl groups is 1. The van der Waals surface area contributed by atoms with Crippen LogP contribution in [0, 0.1) is 5.92 Å². The second-order valence-electron chi connectivity index (χ2n) is 4.50. The van der Waals surface area contributed by atoms with Crippen LogP contribution in [0.3, 0.4) is 0 Å². The van der Waals surface area contributed by atoms with E-state index in [2.05, 4.69) is 0 Å². The van der Waals surface area contributed by atoms with Crippen molar-refractivity contribution in [3.05, 3.63) is 52.8 Å². The number of hydrogen-bond acceptors (Lipinski definition) is 2. The van der Waals surface area contributed by atoms with E-state index in [0.29, 0.717) is 5.56 Å². The van der Waals surface area contributed by atoms with E-state index in [-0.39, 0.29) is 10.6 Å². The lowest BCUT2D eigenvalue weighted by Crippen LogP contribution is -2.40. The molecule has 0 bridgehead atoms. The number of aliphatic hydroxyl groups excluding tert-OH is 1. The van der Waals surface area contributed by atoms with E-state index in [1.54, 1.807) is 30.3 Å². The molecule has 3 nitrogen and oxygen atoms in total. The minimum absolute atomic E-state index is 0.230. The SMILES string of the molecule is CC1(F)C(Cl)=CC(c2ccccc2)=C(O)C1C(=O)O. The molecule has 0 saturated heterocycles. The van der Waals surface area contributed by atoms with Gasteiger partial charge in [-0.3, -0.25) is 4.79 Å². The average molecular weight is 283 g/mol. The molecular formula is C14H12ClFO3. The summed E-state index contributed by atoms with van der Waals surface area (Å²) in [6.07, 6.45) is 1.27. The first-order valence-electron chi connectivity index (χ1n) is 5.63. The minimum Gasteiger partial charge on any atom is -0.511 e. The fourth-order valence-electron chi connectivity index (χ4n) is 2.09. The standard InChI is InChI=1S/C14H12ClFO3/c1-14(16)10(15)7-9(8-5-3-2-4-6-8)12(17)11(14)13(18)19/h2-7,11,17H,1H3,(H,18,19). The van der Waals surface area contributed by atoms with Crippen molar-refractivity contribution < 1.29 is 19.4 Å². The fraction of sp³-hybridized carbons (Fsp3) is 0.214. The van der Waals surface area contributed by atoms with Gasteiger partial charge in [0.15, 0.2) is 11.6 Å². The van der Waals surface area contributed by atoms with Crippen molar-refractivity contribution in [3.8, 4) is 0 Å². The van der Waals surface area contributed by atoms with Gasteiger partial charge in [-0.05, 0) is 18.6 Å². The number of aliphatic carboxylic acids is 1. The van der Waals surface area contributed by atoms with Crippen molar-refractivity contribution in [2.24, 2.45) is 5.92 Å². The molecule has 0 heterocycles. The lowest BCUT2D eigenvalue weighted by atomic mass is 9.81. The van der Waals surface area contributed by atoms with Gasteiger partial charge in [-0.1, -0.05) is 41.9 Å². The molecule has 1 aromatic rings. The number of carboxylic acid groups (broad SMARTS) is 1. The Morgan fingerprint density at radius 1 is 1.37 bits per heavy atom. The van der Waals surface area contributed by atoms with Crippen molar-refractivity contribution in [1.29, 1.82) is 0 Å². The second kappa shape index (κ2) is 4.70. The Kier molecular flexibility index (Phi) is 3.37. The topological polar surface area (TPSA) is 57.5 Å². The third-order valence-electron chi connectivity index (χ3n) is 3.16.